The number of hydrogen-bond donors (Lipinski definition) is 0. The smallest absolute Gasteiger partial charge is 0.0546 e. The quantitative estimate of drug-likeness (QED) is 0.130. The minimum Gasteiger partial charge on any atom is -0.310 e. The Kier molecular flexibility index (Phi) is 10.5. The zero-order valence-electron chi connectivity index (χ0n) is 38.3. The summed E-state index contributed by atoms with van der Waals surface area (Å²) in [7, 11) is 0. The topological polar surface area (TPSA) is 3.24 Å². The molecule has 0 atom stereocenters. The standard InChI is InChI=1S/C68H45NS/c1-4-18-47(19-5-1)57-40-36-50(43-64(57)49-22-8-3-9-23-49)46-34-38-54(39-35-46)69(55-26-16-25-51(42-55)59-31-17-32-63-62-30-14-15-33-67(62)70-68(59)63)66-45-53(37-41-58(66)48-20-6-2-7-21-48)65-44-52-24-10-11-27-56(52)60-28-12-13-29-61(60)65/h1-45H. The summed E-state index contributed by atoms with van der Waals surface area (Å²) in [6.45, 7) is 0. The number of thiophene rings is 1. The van der Waals surface area contributed by atoms with Crippen LogP contribution < -0.4 is 4.90 Å². The highest BCUT2D eigenvalue weighted by molar-refractivity contribution is 7.26. The Bertz CT molecular complexity index is 4040. The van der Waals surface area contributed by atoms with Crippen molar-refractivity contribution in [1.29, 1.82) is 0 Å². The van der Waals surface area contributed by atoms with Gasteiger partial charge in [0.2, 0.25) is 0 Å². The van der Waals surface area contributed by atoms with Crippen molar-refractivity contribution in [2.75, 3.05) is 4.90 Å². The molecule has 0 radical (unpaired) electrons. The SMILES string of the molecule is c1ccc(-c2ccc(-c3ccc(N(c4cccc(-c5cccc6c5sc5ccccc56)c4)c4cc(-c5cc6ccccc6c6ccccc56)ccc4-c4ccccc4)cc3)cc2-c2ccccc2)cc1. The number of benzene rings is 12. The average molecular weight is 908 g/mol. The highest BCUT2D eigenvalue weighted by Gasteiger charge is 2.22. The zero-order valence-corrected chi connectivity index (χ0v) is 39.2. The first kappa shape index (κ1) is 41.4. The summed E-state index contributed by atoms with van der Waals surface area (Å²) >= 11 is 1.88. The van der Waals surface area contributed by atoms with E-state index in [2.05, 4.69) is 278 Å². The summed E-state index contributed by atoms with van der Waals surface area (Å²) in [6.07, 6.45) is 0. The number of rotatable bonds is 9. The minimum absolute atomic E-state index is 1.07. The van der Waals surface area contributed by atoms with Gasteiger partial charge >= 0.3 is 0 Å². The molecule has 0 aliphatic rings. The van der Waals surface area contributed by atoms with E-state index < -0.39 is 0 Å². The molecule has 12 aromatic carbocycles. The molecule has 0 N–H and O–H groups in total. The molecule has 0 aliphatic heterocycles. The van der Waals surface area contributed by atoms with Gasteiger partial charge in [0.05, 0.1) is 5.69 Å². The number of hydrogen-bond acceptors (Lipinski definition) is 2. The van der Waals surface area contributed by atoms with E-state index in [0.717, 1.165) is 39.3 Å². The van der Waals surface area contributed by atoms with Gasteiger partial charge in [-0.25, -0.2) is 0 Å². The van der Waals surface area contributed by atoms with E-state index in [9.17, 15) is 0 Å². The largest absolute Gasteiger partial charge is 0.310 e. The van der Waals surface area contributed by atoms with Crippen LogP contribution in [0.15, 0.2) is 273 Å². The van der Waals surface area contributed by atoms with Gasteiger partial charge in [0.25, 0.3) is 0 Å². The van der Waals surface area contributed by atoms with Gasteiger partial charge in [-0.05, 0) is 131 Å². The predicted octanol–water partition coefficient (Wildman–Crippen LogP) is 19.8. The van der Waals surface area contributed by atoms with Crippen molar-refractivity contribution in [3.8, 4) is 66.8 Å². The minimum atomic E-state index is 1.07. The fourth-order valence-corrected chi connectivity index (χ4v) is 11.7. The first-order valence-corrected chi connectivity index (χ1v) is 24.8. The van der Waals surface area contributed by atoms with Gasteiger partial charge in [0, 0.05) is 37.1 Å². The molecule has 2 heteroatoms. The molecule has 328 valence electrons. The lowest BCUT2D eigenvalue weighted by Gasteiger charge is -2.29. The lowest BCUT2D eigenvalue weighted by Crippen LogP contribution is -2.11. The predicted molar refractivity (Wildman–Crippen MR) is 302 cm³/mol. The summed E-state index contributed by atoms with van der Waals surface area (Å²) in [4.78, 5) is 2.47. The molecule has 0 spiro atoms. The lowest BCUT2D eigenvalue weighted by molar-refractivity contribution is 1.28. The van der Waals surface area contributed by atoms with Gasteiger partial charge < -0.3 is 4.90 Å². The Labute approximate surface area is 412 Å². The second-order valence-corrected chi connectivity index (χ2v) is 19.0. The molecule has 1 heterocycles. The van der Waals surface area contributed by atoms with Crippen molar-refractivity contribution in [2.45, 2.75) is 0 Å². The normalized spacial score (nSPS) is 11.4. The average Bonchev–Trinajstić information content (AvgIpc) is 3.83. The second kappa shape index (κ2) is 17.7. The Morgan fingerprint density at radius 3 is 1.54 bits per heavy atom. The van der Waals surface area contributed by atoms with Crippen LogP contribution in [-0.4, -0.2) is 0 Å². The molecule has 0 bridgehead atoms. The van der Waals surface area contributed by atoms with E-state index in [0.29, 0.717) is 0 Å². The molecule has 1 aromatic heterocycles. The first-order chi connectivity index (χ1) is 34.7. The van der Waals surface area contributed by atoms with Crippen LogP contribution in [0.5, 0.6) is 0 Å². The summed E-state index contributed by atoms with van der Waals surface area (Å²) in [6, 6.07) is 100. The van der Waals surface area contributed by atoms with Crippen molar-refractivity contribution in [1.82, 2.24) is 0 Å². The molecule has 0 aliphatic carbocycles. The van der Waals surface area contributed by atoms with Crippen LogP contribution >= 0.6 is 11.3 Å². The maximum atomic E-state index is 2.47. The molecule has 1 nitrogen and oxygen atoms in total. The number of anilines is 3. The molecule has 0 saturated carbocycles. The Morgan fingerprint density at radius 1 is 0.243 bits per heavy atom. The van der Waals surface area contributed by atoms with Crippen LogP contribution in [0.2, 0.25) is 0 Å². The molecular weight excluding hydrogens is 863 g/mol. The third-order valence-electron chi connectivity index (χ3n) is 13.9. The highest BCUT2D eigenvalue weighted by Crippen LogP contribution is 2.47. The third kappa shape index (κ3) is 7.43. The number of nitrogens with zero attached hydrogens (tertiary/aromatic N) is 1. The van der Waals surface area contributed by atoms with Crippen molar-refractivity contribution >= 4 is 70.1 Å². The fourth-order valence-electron chi connectivity index (χ4n) is 10.5. The first-order valence-electron chi connectivity index (χ1n) is 24.0. The highest BCUT2D eigenvalue weighted by atomic mass is 32.1. The summed E-state index contributed by atoms with van der Waals surface area (Å²) in [5.41, 5.74) is 17.5. The van der Waals surface area contributed by atoms with Gasteiger partial charge in [-0.15, -0.1) is 11.3 Å². The summed E-state index contributed by atoms with van der Waals surface area (Å²) in [5.74, 6) is 0. The Morgan fingerprint density at radius 2 is 0.786 bits per heavy atom. The Balaban J connectivity index is 1.01. The van der Waals surface area contributed by atoms with E-state index in [4.69, 9.17) is 0 Å². The fraction of sp³-hybridized carbons (Fsp3) is 0. The van der Waals surface area contributed by atoms with Crippen LogP contribution in [0.25, 0.3) is 108 Å². The molecule has 0 amide bonds. The summed E-state index contributed by atoms with van der Waals surface area (Å²) < 4.78 is 2.61. The molecule has 13 rings (SSSR count). The molecule has 70 heavy (non-hydrogen) atoms. The van der Waals surface area contributed by atoms with Crippen molar-refractivity contribution < 1.29 is 0 Å². The molecule has 0 unspecified atom stereocenters. The van der Waals surface area contributed by atoms with Crippen LogP contribution in [0, 0.1) is 0 Å². The van der Waals surface area contributed by atoms with Gasteiger partial charge in [-0.2, -0.15) is 0 Å². The maximum Gasteiger partial charge on any atom is 0.0546 e. The lowest BCUT2D eigenvalue weighted by atomic mass is 9.90. The van der Waals surface area contributed by atoms with Crippen molar-refractivity contribution in [3.05, 3.63) is 273 Å². The van der Waals surface area contributed by atoms with Crippen LogP contribution in [-0.2, 0) is 0 Å². The second-order valence-electron chi connectivity index (χ2n) is 18.0. The molecule has 13 aromatic rings. The number of fused-ring (bicyclic) bond motifs is 6. The third-order valence-corrected chi connectivity index (χ3v) is 15.1. The molecule has 0 saturated heterocycles. The van der Waals surface area contributed by atoms with Gasteiger partial charge in [0.1, 0.15) is 0 Å². The van der Waals surface area contributed by atoms with Gasteiger partial charge in [-0.1, -0.05) is 224 Å². The van der Waals surface area contributed by atoms with Crippen molar-refractivity contribution in [2.24, 2.45) is 0 Å². The van der Waals surface area contributed by atoms with Gasteiger partial charge in [-0.3, -0.25) is 0 Å². The summed E-state index contributed by atoms with van der Waals surface area (Å²) in [5, 5.41) is 7.59. The maximum absolute atomic E-state index is 2.47. The van der Waals surface area contributed by atoms with Crippen LogP contribution in [0.1, 0.15) is 0 Å². The molecule has 0 fully saturated rings. The van der Waals surface area contributed by atoms with E-state index in [-0.39, 0.29) is 0 Å². The molecular formula is C68H45NS. The monoisotopic (exact) mass is 907 g/mol. The van der Waals surface area contributed by atoms with Crippen LogP contribution in [0.4, 0.5) is 17.1 Å². The van der Waals surface area contributed by atoms with E-state index in [1.165, 1.54) is 86.2 Å². The van der Waals surface area contributed by atoms with Gasteiger partial charge in [0.15, 0.2) is 0 Å². The van der Waals surface area contributed by atoms with E-state index in [1.807, 2.05) is 11.3 Å². The zero-order chi connectivity index (χ0) is 46.4. The van der Waals surface area contributed by atoms with E-state index in [1.54, 1.807) is 0 Å². The van der Waals surface area contributed by atoms with Crippen LogP contribution in [0.3, 0.4) is 0 Å². The Hall–Kier alpha value is -8.82. The van der Waals surface area contributed by atoms with E-state index >= 15 is 0 Å². The van der Waals surface area contributed by atoms with Crippen molar-refractivity contribution in [3.63, 3.8) is 0 Å².